The minimum absolute atomic E-state index is 0.00479. The lowest BCUT2D eigenvalue weighted by Gasteiger charge is -2.35. The molecule has 2 aromatic rings. The lowest BCUT2D eigenvalue weighted by atomic mass is 9.73. The molecular formula is C29H35NO2. The third kappa shape index (κ3) is 4.44. The van der Waals surface area contributed by atoms with Gasteiger partial charge in [-0.3, -0.25) is 9.59 Å². The number of hydrogen-bond donors (Lipinski definition) is 1. The summed E-state index contributed by atoms with van der Waals surface area (Å²) in [6.07, 6.45) is 1.54. The average Bonchev–Trinajstić information content (AvgIpc) is 2.71. The van der Waals surface area contributed by atoms with E-state index >= 15 is 0 Å². The zero-order valence-electron chi connectivity index (χ0n) is 20.2. The molecule has 1 N–H and O–H groups in total. The molecule has 2 aliphatic rings. The SMILES string of the molecule is CC(C)(C)c1ccc(C2CC(=O)C3=C(C2)NC(=O)CC3c2ccc(C(C)(C)C)cc2)cc1. The molecule has 0 fully saturated rings. The Morgan fingerprint density at radius 2 is 1.19 bits per heavy atom. The van der Waals surface area contributed by atoms with Crippen molar-refractivity contribution in [2.45, 2.75) is 83.5 Å². The highest BCUT2D eigenvalue weighted by Crippen LogP contribution is 2.43. The van der Waals surface area contributed by atoms with Crippen molar-refractivity contribution >= 4 is 11.7 Å². The molecule has 3 nitrogen and oxygen atoms in total. The van der Waals surface area contributed by atoms with Crippen LogP contribution in [-0.4, -0.2) is 11.7 Å². The van der Waals surface area contributed by atoms with Crippen molar-refractivity contribution in [3.05, 3.63) is 82.1 Å². The second-order valence-corrected chi connectivity index (χ2v) is 11.5. The maximum Gasteiger partial charge on any atom is 0.225 e. The van der Waals surface area contributed by atoms with Crippen molar-refractivity contribution in [2.75, 3.05) is 0 Å². The van der Waals surface area contributed by atoms with Gasteiger partial charge in [-0.05, 0) is 45.4 Å². The number of amides is 1. The van der Waals surface area contributed by atoms with Crippen molar-refractivity contribution in [2.24, 2.45) is 0 Å². The molecule has 0 spiro atoms. The summed E-state index contributed by atoms with van der Waals surface area (Å²) in [5.41, 5.74) is 6.58. The van der Waals surface area contributed by atoms with Gasteiger partial charge in [-0.2, -0.15) is 0 Å². The molecule has 3 heteroatoms. The number of nitrogens with one attached hydrogen (secondary N) is 1. The summed E-state index contributed by atoms with van der Waals surface area (Å²) in [7, 11) is 0. The Kier molecular flexibility index (Phi) is 5.65. The molecule has 0 saturated heterocycles. The monoisotopic (exact) mass is 429 g/mol. The molecule has 0 bridgehead atoms. The highest BCUT2D eigenvalue weighted by atomic mass is 16.2. The van der Waals surface area contributed by atoms with E-state index in [1.165, 1.54) is 16.7 Å². The van der Waals surface area contributed by atoms with E-state index in [-0.39, 0.29) is 34.4 Å². The zero-order chi connectivity index (χ0) is 23.3. The summed E-state index contributed by atoms with van der Waals surface area (Å²) in [6.45, 7) is 13.2. The Morgan fingerprint density at radius 1 is 0.688 bits per heavy atom. The van der Waals surface area contributed by atoms with Gasteiger partial charge < -0.3 is 5.32 Å². The number of Topliss-reactive ketones (excluding diaryl/α,β-unsaturated/α-hetero) is 1. The molecule has 32 heavy (non-hydrogen) atoms. The van der Waals surface area contributed by atoms with Crippen molar-refractivity contribution in [1.82, 2.24) is 5.32 Å². The Morgan fingerprint density at radius 3 is 1.69 bits per heavy atom. The van der Waals surface area contributed by atoms with Crippen LogP contribution in [-0.2, 0) is 20.4 Å². The minimum atomic E-state index is -0.149. The van der Waals surface area contributed by atoms with E-state index in [0.717, 1.165) is 16.8 Å². The predicted octanol–water partition coefficient (Wildman–Crippen LogP) is 6.29. The first kappa shape index (κ1) is 22.5. The van der Waals surface area contributed by atoms with E-state index in [9.17, 15) is 9.59 Å². The van der Waals surface area contributed by atoms with Crippen LogP contribution in [0.25, 0.3) is 0 Å². The fourth-order valence-corrected chi connectivity index (χ4v) is 4.95. The van der Waals surface area contributed by atoms with Crippen LogP contribution in [0.5, 0.6) is 0 Å². The Bertz CT molecular complexity index is 1060. The van der Waals surface area contributed by atoms with Gasteiger partial charge in [0.2, 0.25) is 5.91 Å². The molecule has 0 saturated carbocycles. The van der Waals surface area contributed by atoms with Crippen molar-refractivity contribution in [1.29, 1.82) is 0 Å². The molecule has 1 aliphatic heterocycles. The van der Waals surface area contributed by atoms with Gasteiger partial charge in [-0.25, -0.2) is 0 Å². The average molecular weight is 430 g/mol. The maximum atomic E-state index is 13.3. The lowest BCUT2D eigenvalue weighted by molar-refractivity contribution is -0.122. The summed E-state index contributed by atoms with van der Waals surface area (Å²) in [5.74, 6) is 0.133. The summed E-state index contributed by atoms with van der Waals surface area (Å²) in [4.78, 5) is 25.9. The van der Waals surface area contributed by atoms with E-state index in [1.54, 1.807) is 0 Å². The second-order valence-electron chi connectivity index (χ2n) is 11.5. The zero-order valence-corrected chi connectivity index (χ0v) is 20.2. The standard InChI is InChI=1S/C29H35NO2/c1-28(2,3)21-11-7-18(8-12-21)20-15-24-27(25(31)16-20)23(17-26(32)30-24)19-9-13-22(14-10-19)29(4,5)6/h7-14,20,23H,15-17H2,1-6H3,(H,30,32). The van der Waals surface area contributed by atoms with Gasteiger partial charge in [0.1, 0.15) is 0 Å². The van der Waals surface area contributed by atoms with Crippen LogP contribution >= 0.6 is 0 Å². The van der Waals surface area contributed by atoms with Gasteiger partial charge in [0.05, 0.1) is 0 Å². The van der Waals surface area contributed by atoms with Gasteiger partial charge >= 0.3 is 0 Å². The summed E-state index contributed by atoms with van der Waals surface area (Å²) < 4.78 is 0. The van der Waals surface area contributed by atoms with E-state index < -0.39 is 0 Å². The van der Waals surface area contributed by atoms with E-state index in [4.69, 9.17) is 0 Å². The fraction of sp³-hybridized carbons (Fsp3) is 0.448. The first-order valence-electron chi connectivity index (χ1n) is 11.7. The summed E-state index contributed by atoms with van der Waals surface area (Å²) in [5, 5.41) is 3.04. The first-order valence-corrected chi connectivity index (χ1v) is 11.7. The number of hydrogen-bond acceptors (Lipinski definition) is 2. The van der Waals surface area contributed by atoms with Crippen LogP contribution in [0, 0.1) is 0 Å². The Labute approximate surface area is 192 Å². The third-order valence-electron chi connectivity index (χ3n) is 6.96. The molecule has 0 aromatic heterocycles. The molecular weight excluding hydrogens is 394 g/mol. The van der Waals surface area contributed by atoms with E-state index in [1.807, 2.05) is 0 Å². The van der Waals surface area contributed by atoms with Gasteiger partial charge in [0.15, 0.2) is 5.78 Å². The van der Waals surface area contributed by atoms with Gasteiger partial charge in [-0.15, -0.1) is 0 Å². The Balaban J connectivity index is 1.63. The van der Waals surface area contributed by atoms with E-state index in [0.29, 0.717) is 19.3 Å². The molecule has 2 unspecified atom stereocenters. The van der Waals surface area contributed by atoms with Gasteiger partial charge in [-0.1, -0.05) is 90.1 Å². The van der Waals surface area contributed by atoms with Crippen LogP contribution in [0.4, 0.5) is 0 Å². The van der Waals surface area contributed by atoms with Crippen molar-refractivity contribution in [3.63, 3.8) is 0 Å². The lowest BCUT2D eigenvalue weighted by Crippen LogP contribution is -2.38. The Hall–Kier alpha value is -2.68. The molecule has 4 rings (SSSR count). The highest BCUT2D eigenvalue weighted by Gasteiger charge is 2.38. The first-order chi connectivity index (χ1) is 14.9. The molecule has 2 aromatic carbocycles. The summed E-state index contributed by atoms with van der Waals surface area (Å²) in [6, 6.07) is 17.1. The van der Waals surface area contributed by atoms with E-state index in [2.05, 4.69) is 95.4 Å². The van der Waals surface area contributed by atoms with Crippen LogP contribution in [0.15, 0.2) is 59.8 Å². The van der Waals surface area contributed by atoms with Crippen LogP contribution in [0.2, 0.25) is 0 Å². The molecule has 2 atom stereocenters. The number of rotatable bonds is 2. The summed E-state index contributed by atoms with van der Waals surface area (Å²) >= 11 is 0. The predicted molar refractivity (Wildman–Crippen MR) is 130 cm³/mol. The number of ketones is 1. The molecule has 1 aliphatic carbocycles. The third-order valence-corrected chi connectivity index (χ3v) is 6.96. The van der Waals surface area contributed by atoms with Crippen LogP contribution in [0.3, 0.4) is 0 Å². The van der Waals surface area contributed by atoms with Gasteiger partial charge in [0.25, 0.3) is 0 Å². The minimum Gasteiger partial charge on any atom is -0.329 e. The normalized spacial score (nSPS) is 21.9. The van der Waals surface area contributed by atoms with Crippen LogP contribution in [0.1, 0.15) is 94.9 Å². The highest BCUT2D eigenvalue weighted by molar-refractivity contribution is 6.02. The van der Waals surface area contributed by atoms with Crippen LogP contribution < -0.4 is 5.32 Å². The molecule has 0 radical (unpaired) electrons. The fourth-order valence-electron chi connectivity index (χ4n) is 4.95. The second kappa shape index (κ2) is 8.03. The van der Waals surface area contributed by atoms with Gasteiger partial charge in [0, 0.05) is 30.0 Å². The molecule has 168 valence electrons. The smallest absolute Gasteiger partial charge is 0.225 e. The molecule has 1 heterocycles. The van der Waals surface area contributed by atoms with Crippen molar-refractivity contribution in [3.8, 4) is 0 Å². The number of benzene rings is 2. The maximum absolute atomic E-state index is 13.3. The number of carbonyl (C=O) groups is 2. The topological polar surface area (TPSA) is 46.2 Å². The number of allylic oxidation sites excluding steroid dienone is 2. The number of carbonyl (C=O) groups excluding carboxylic acids is 2. The molecule has 1 amide bonds. The quantitative estimate of drug-likeness (QED) is 0.610. The largest absolute Gasteiger partial charge is 0.329 e. The van der Waals surface area contributed by atoms with Crippen molar-refractivity contribution < 1.29 is 9.59 Å².